The topological polar surface area (TPSA) is 37.4 Å². The van der Waals surface area contributed by atoms with Gasteiger partial charge in [-0.05, 0) is 49.5 Å². The normalized spacial score (nSPS) is 18.6. The molecule has 0 saturated carbocycles. The molecular weight excluding hydrogens is 326 g/mol. The van der Waals surface area contributed by atoms with E-state index < -0.39 is 9.84 Å². The van der Waals surface area contributed by atoms with Gasteiger partial charge in [0.2, 0.25) is 0 Å². The molecule has 1 aliphatic rings. The van der Waals surface area contributed by atoms with E-state index in [2.05, 4.69) is 39.0 Å². The summed E-state index contributed by atoms with van der Waals surface area (Å²) < 4.78 is 23.5. The van der Waals surface area contributed by atoms with Crippen LogP contribution in [-0.2, 0) is 9.84 Å². The Morgan fingerprint density at radius 3 is 2.58 bits per heavy atom. The van der Waals surface area contributed by atoms with Crippen molar-refractivity contribution in [1.82, 2.24) is 4.90 Å². The highest BCUT2D eigenvalue weighted by atomic mass is 79.9. The third-order valence-corrected chi connectivity index (χ3v) is 5.10. The van der Waals surface area contributed by atoms with Crippen LogP contribution in [0.15, 0.2) is 28.7 Å². The van der Waals surface area contributed by atoms with Gasteiger partial charge in [0, 0.05) is 17.3 Å². The van der Waals surface area contributed by atoms with Crippen LogP contribution in [0.25, 0.3) is 0 Å². The lowest BCUT2D eigenvalue weighted by Gasteiger charge is -2.32. The predicted octanol–water partition coefficient (Wildman–Crippen LogP) is 2.67. The summed E-state index contributed by atoms with van der Waals surface area (Å²) in [4.78, 5) is 2.26. The minimum Gasteiger partial charge on any atom is -0.302 e. The van der Waals surface area contributed by atoms with Crippen molar-refractivity contribution in [2.45, 2.75) is 18.8 Å². The molecular formula is C14H20BrNO2S. The van der Waals surface area contributed by atoms with Crippen molar-refractivity contribution in [3.8, 4) is 0 Å². The first-order chi connectivity index (χ1) is 8.94. The van der Waals surface area contributed by atoms with Gasteiger partial charge in [-0.2, -0.15) is 0 Å². The molecule has 1 aliphatic heterocycles. The third kappa shape index (κ3) is 4.89. The number of hydrogen-bond acceptors (Lipinski definition) is 3. The van der Waals surface area contributed by atoms with Crippen LogP contribution in [0.4, 0.5) is 0 Å². The zero-order valence-corrected chi connectivity index (χ0v) is 13.6. The number of benzene rings is 1. The Morgan fingerprint density at radius 1 is 1.32 bits per heavy atom. The second-order valence-corrected chi connectivity index (χ2v) is 8.48. The SMILES string of the molecule is CS(=O)(=O)CCN1CCC(c2cccc(Br)c2)CC1. The van der Waals surface area contributed by atoms with Crippen molar-refractivity contribution in [2.75, 3.05) is 31.6 Å². The second kappa shape index (κ2) is 6.37. The molecule has 1 saturated heterocycles. The van der Waals surface area contributed by atoms with E-state index in [-0.39, 0.29) is 5.75 Å². The Morgan fingerprint density at radius 2 is 2.00 bits per heavy atom. The zero-order chi connectivity index (χ0) is 13.9. The van der Waals surface area contributed by atoms with Crippen molar-refractivity contribution < 1.29 is 8.42 Å². The van der Waals surface area contributed by atoms with Gasteiger partial charge in [0.15, 0.2) is 0 Å². The summed E-state index contributed by atoms with van der Waals surface area (Å²) in [6.07, 6.45) is 3.53. The van der Waals surface area contributed by atoms with Crippen LogP contribution in [0, 0.1) is 0 Å². The highest BCUT2D eigenvalue weighted by Gasteiger charge is 2.21. The molecule has 0 aromatic heterocycles. The first-order valence-electron chi connectivity index (χ1n) is 6.59. The fourth-order valence-corrected chi connectivity index (χ4v) is 3.55. The Balaban J connectivity index is 1.86. The lowest BCUT2D eigenvalue weighted by Crippen LogP contribution is -2.36. The fourth-order valence-electron chi connectivity index (χ4n) is 2.55. The van der Waals surface area contributed by atoms with Gasteiger partial charge < -0.3 is 4.90 Å². The molecule has 5 heteroatoms. The van der Waals surface area contributed by atoms with Gasteiger partial charge in [0.05, 0.1) is 5.75 Å². The molecule has 106 valence electrons. The molecule has 2 rings (SSSR count). The van der Waals surface area contributed by atoms with Crippen LogP contribution < -0.4 is 0 Å². The summed E-state index contributed by atoms with van der Waals surface area (Å²) in [6, 6.07) is 8.50. The van der Waals surface area contributed by atoms with Crippen molar-refractivity contribution in [1.29, 1.82) is 0 Å². The first kappa shape index (κ1) is 15.0. The van der Waals surface area contributed by atoms with Crippen LogP contribution >= 0.6 is 15.9 Å². The summed E-state index contributed by atoms with van der Waals surface area (Å²) >= 11 is 3.51. The average Bonchev–Trinajstić information content (AvgIpc) is 2.36. The molecule has 0 N–H and O–H groups in total. The maximum atomic E-state index is 11.2. The number of likely N-dealkylation sites (tertiary alicyclic amines) is 1. The van der Waals surface area contributed by atoms with Crippen LogP contribution in [0.1, 0.15) is 24.3 Å². The minimum atomic E-state index is -2.84. The molecule has 1 fully saturated rings. The van der Waals surface area contributed by atoms with E-state index in [4.69, 9.17) is 0 Å². The second-order valence-electron chi connectivity index (χ2n) is 5.30. The first-order valence-corrected chi connectivity index (χ1v) is 9.45. The van der Waals surface area contributed by atoms with E-state index >= 15 is 0 Å². The van der Waals surface area contributed by atoms with E-state index in [1.165, 1.54) is 11.8 Å². The molecule has 1 aromatic carbocycles. The molecule has 1 heterocycles. The molecule has 0 unspecified atom stereocenters. The molecule has 1 aromatic rings. The van der Waals surface area contributed by atoms with E-state index in [9.17, 15) is 8.42 Å². The Hall–Kier alpha value is -0.390. The van der Waals surface area contributed by atoms with Gasteiger partial charge >= 0.3 is 0 Å². The summed E-state index contributed by atoms with van der Waals surface area (Å²) in [5, 5.41) is 0. The van der Waals surface area contributed by atoms with Crippen molar-refractivity contribution >= 4 is 25.8 Å². The molecule has 3 nitrogen and oxygen atoms in total. The number of hydrogen-bond donors (Lipinski definition) is 0. The molecule has 0 aliphatic carbocycles. The van der Waals surface area contributed by atoms with Gasteiger partial charge in [-0.3, -0.25) is 0 Å². The summed E-state index contributed by atoms with van der Waals surface area (Å²) in [5.74, 6) is 0.876. The third-order valence-electron chi connectivity index (χ3n) is 3.69. The van der Waals surface area contributed by atoms with Crippen LogP contribution in [0.5, 0.6) is 0 Å². The average molecular weight is 346 g/mol. The molecule has 0 bridgehead atoms. The molecule has 0 radical (unpaired) electrons. The van der Waals surface area contributed by atoms with E-state index in [1.807, 2.05) is 6.07 Å². The van der Waals surface area contributed by atoms with Crippen molar-refractivity contribution in [3.63, 3.8) is 0 Å². The Kier molecular flexibility index (Phi) is 5.03. The minimum absolute atomic E-state index is 0.272. The van der Waals surface area contributed by atoms with E-state index in [0.717, 1.165) is 30.4 Å². The lowest BCUT2D eigenvalue weighted by molar-refractivity contribution is 0.223. The number of nitrogens with zero attached hydrogens (tertiary/aromatic N) is 1. The number of piperidine rings is 1. The highest BCUT2D eigenvalue weighted by Crippen LogP contribution is 2.29. The predicted molar refractivity (Wildman–Crippen MR) is 82.3 cm³/mol. The van der Waals surface area contributed by atoms with Gasteiger partial charge in [-0.1, -0.05) is 28.1 Å². The largest absolute Gasteiger partial charge is 0.302 e. The lowest BCUT2D eigenvalue weighted by atomic mass is 9.89. The maximum Gasteiger partial charge on any atom is 0.148 e. The van der Waals surface area contributed by atoms with Gasteiger partial charge in [-0.25, -0.2) is 8.42 Å². The fraction of sp³-hybridized carbons (Fsp3) is 0.571. The molecule has 0 atom stereocenters. The van der Waals surface area contributed by atoms with Crippen molar-refractivity contribution in [3.05, 3.63) is 34.3 Å². The number of sulfone groups is 1. The van der Waals surface area contributed by atoms with Crippen molar-refractivity contribution in [2.24, 2.45) is 0 Å². The maximum absolute atomic E-state index is 11.2. The summed E-state index contributed by atoms with van der Waals surface area (Å²) in [5.41, 5.74) is 1.39. The molecule has 19 heavy (non-hydrogen) atoms. The number of rotatable bonds is 4. The smallest absolute Gasteiger partial charge is 0.148 e. The van der Waals surface area contributed by atoms with E-state index in [0.29, 0.717) is 12.5 Å². The number of halogens is 1. The molecule has 0 spiro atoms. The van der Waals surface area contributed by atoms with Crippen LogP contribution in [0.3, 0.4) is 0 Å². The highest BCUT2D eigenvalue weighted by molar-refractivity contribution is 9.10. The quantitative estimate of drug-likeness (QED) is 0.841. The van der Waals surface area contributed by atoms with Gasteiger partial charge in [0.1, 0.15) is 9.84 Å². The Labute approximate surface area is 124 Å². The van der Waals surface area contributed by atoms with Crippen LogP contribution in [-0.4, -0.2) is 45.0 Å². The van der Waals surface area contributed by atoms with E-state index in [1.54, 1.807) is 0 Å². The monoisotopic (exact) mass is 345 g/mol. The van der Waals surface area contributed by atoms with Gasteiger partial charge in [0.25, 0.3) is 0 Å². The molecule has 0 amide bonds. The summed E-state index contributed by atoms with van der Waals surface area (Å²) in [7, 11) is -2.84. The zero-order valence-electron chi connectivity index (χ0n) is 11.2. The summed E-state index contributed by atoms with van der Waals surface area (Å²) in [6.45, 7) is 2.66. The van der Waals surface area contributed by atoms with Gasteiger partial charge in [-0.15, -0.1) is 0 Å². The Bertz CT molecular complexity index is 522. The van der Waals surface area contributed by atoms with Crippen LogP contribution in [0.2, 0.25) is 0 Å². The standard InChI is InChI=1S/C14H20BrNO2S/c1-19(17,18)10-9-16-7-5-12(6-8-16)13-3-2-4-14(15)11-13/h2-4,11-12H,5-10H2,1H3.